The van der Waals surface area contributed by atoms with Gasteiger partial charge >= 0.3 is 0 Å². The largest absolute Gasteiger partial charge is 0.510 e. The average Bonchev–Trinajstić information content (AvgIpc) is 2.90. The number of phenolic OH excluding ortho intramolecular Hbond substituents is 1. The Morgan fingerprint density at radius 3 is 2.20 bits per heavy atom. The van der Waals surface area contributed by atoms with Crippen LogP contribution in [0.4, 0.5) is 5.69 Å². The molecule has 3 aliphatic carbocycles. The predicted molar refractivity (Wildman–Crippen MR) is 150 cm³/mol. The lowest BCUT2D eigenvalue weighted by Crippen LogP contribution is -2.64. The number of rotatable bonds is 6. The first kappa shape index (κ1) is 30.1. The van der Waals surface area contributed by atoms with Crippen molar-refractivity contribution in [3.63, 3.8) is 0 Å². The molecule has 4 rings (SSSR count). The van der Waals surface area contributed by atoms with Gasteiger partial charge in [-0.25, -0.2) is 0 Å². The van der Waals surface area contributed by atoms with E-state index in [-0.39, 0.29) is 29.5 Å². The van der Waals surface area contributed by atoms with Crippen molar-refractivity contribution in [3.05, 3.63) is 45.4 Å². The molecule has 0 unspecified atom stereocenters. The van der Waals surface area contributed by atoms with Crippen LogP contribution in [0.2, 0.25) is 0 Å². The smallest absolute Gasteiger partial charge is 0.258 e. The summed E-state index contributed by atoms with van der Waals surface area (Å²) in [4.78, 5) is 58.5. The Morgan fingerprint density at radius 1 is 1.07 bits per heavy atom. The lowest BCUT2D eigenvalue weighted by Gasteiger charge is -2.50. The van der Waals surface area contributed by atoms with Crippen LogP contribution in [-0.2, 0) is 16.0 Å². The van der Waals surface area contributed by atoms with Gasteiger partial charge in [0.25, 0.3) is 11.8 Å². The number of carbonyl (C=O) groups is 4. The Hall–Kier alpha value is -3.90. The number of aromatic hydroxyl groups is 1. The fourth-order valence-corrected chi connectivity index (χ4v) is 6.65. The van der Waals surface area contributed by atoms with Crippen LogP contribution in [0.15, 0.2) is 28.7 Å². The average molecular weight is 571 g/mol. The van der Waals surface area contributed by atoms with Gasteiger partial charge in [-0.15, -0.1) is 0 Å². The first-order valence-corrected chi connectivity index (χ1v) is 13.6. The summed E-state index contributed by atoms with van der Waals surface area (Å²) in [5, 5.41) is 48.1. The van der Waals surface area contributed by atoms with Gasteiger partial charge in [-0.2, -0.15) is 0 Å². The summed E-state index contributed by atoms with van der Waals surface area (Å²) in [6.07, 6.45) is 0.156. The van der Waals surface area contributed by atoms with Crippen molar-refractivity contribution >= 4 is 29.1 Å². The lowest BCUT2D eigenvalue weighted by molar-refractivity contribution is -0.148. The second kappa shape index (κ2) is 10.5. The highest BCUT2D eigenvalue weighted by Crippen LogP contribution is 2.53. The molecule has 0 aliphatic heterocycles. The van der Waals surface area contributed by atoms with Crippen LogP contribution in [-0.4, -0.2) is 114 Å². The number of hydrogen-bond acceptors (Lipinski definition) is 10. The third-order valence-electron chi connectivity index (χ3n) is 8.67. The van der Waals surface area contributed by atoms with E-state index < -0.39 is 69.7 Å². The van der Waals surface area contributed by atoms with Crippen molar-refractivity contribution in [1.29, 1.82) is 0 Å². The monoisotopic (exact) mass is 570 g/mol. The summed E-state index contributed by atoms with van der Waals surface area (Å²) in [5.41, 5.74) is -2.90. The molecular weight excluding hydrogens is 532 g/mol. The standard InChI is InChI=1S/C29H38N4O8/c1-8-33(9-2)28(40)15-12-17(31(4)5)14-10-13-11-16-21(32(6)7)24(36)20(27(39)30-3)26(38)29(16,41)25(37)18(13)23(35)19(14)22(15)34/h12-13,16,21,34,36-37,41H,8-11H2,1-7H3,(H,30,39)/t13-,16-,21-,29-/m0/s1. The minimum absolute atomic E-state index is 0.00844. The summed E-state index contributed by atoms with van der Waals surface area (Å²) in [6, 6.07) is 0.522. The van der Waals surface area contributed by atoms with Crippen LogP contribution >= 0.6 is 0 Å². The number of benzene rings is 1. The molecule has 41 heavy (non-hydrogen) atoms. The second-order valence-corrected chi connectivity index (χ2v) is 11.2. The fraction of sp³-hybridized carbons (Fsp3) is 0.517. The molecule has 12 heteroatoms. The molecule has 0 fully saturated rings. The Kier molecular flexibility index (Phi) is 7.70. The zero-order valence-electron chi connectivity index (χ0n) is 24.4. The summed E-state index contributed by atoms with van der Waals surface area (Å²) in [5.74, 6) is -7.21. The molecule has 0 saturated carbocycles. The zero-order chi connectivity index (χ0) is 30.7. The van der Waals surface area contributed by atoms with Crippen molar-refractivity contribution < 1.29 is 39.6 Å². The molecule has 0 spiro atoms. The fourth-order valence-electron chi connectivity index (χ4n) is 6.65. The van der Waals surface area contributed by atoms with Crippen molar-refractivity contribution in [2.45, 2.75) is 38.3 Å². The van der Waals surface area contributed by atoms with E-state index in [1.54, 1.807) is 57.9 Å². The first-order chi connectivity index (χ1) is 19.2. The number of fused-ring (bicyclic) bond motifs is 3. The predicted octanol–water partition coefficient (Wildman–Crippen LogP) is 0.929. The van der Waals surface area contributed by atoms with Gasteiger partial charge in [0.1, 0.15) is 22.8 Å². The Bertz CT molecular complexity index is 1410. The second-order valence-electron chi connectivity index (χ2n) is 11.2. The number of ketones is 2. The number of likely N-dealkylation sites (N-methyl/N-ethyl adjacent to an activating group) is 2. The van der Waals surface area contributed by atoms with E-state index in [1.165, 1.54) is 11.9 Å². The number of amides is 2. The van der Waals surface area contributed by atoms with E-state index in [9.17, 15) is 39.6 Å². The molecule has 12 nitrogen and oxygen atoms in total. The molecule has 1 aromatic rings. The highest BCUT2D eigenvalue weighted by atomic mass is 16.3. The van der Waals surface area contributed by atoms with E-state index in [4.69, 9.17) is 0 Å². The Balaban J connectivity index is 1.98. The maximum Gasteiger partial charge on any atom is 0.258 e. The van der Waals surface area contributed by atoms with Crippen LogP contribution in [0.1, 0.15) is 46.5 Å². The normalized spacial score (nSPS) is 25.5. The van der Waals surface area contributed by atoms with Crippen molar-refractivity contribution in [1.82, 2.24) is 15.1 Å². The van der Waals surface area contributed by atoms with Gasteiger partial charge < -0.3 is 35.5 Å². The molecule has 2 amide bonds. The minimum atomic E-state index is -2.68. The van der Waals surface area contributed by atoms with Gasteiger partial charge in [0.15, 0.2) is 11.4 Å². The number of allylic oxidation sites excluding steroid dienone is 1. The van der Waals surface area contributed by atoms with E-state index in [0.717, 1.165) is 0 Å². The van der Waals surface area contributed by atoms with Gasteiger partial charge in [-0.05, 0) is 58.3 Å². The number of nitrogens with one attached hydrogen (secondary N) is 1. The molecule has 1 aromatic carbocycles. The highest BCUT2D eigenvalue weighted by Gasteiger charge is 2.63. The third kappa shape index (κ3) is 4.19. The molecule has 0 aromatic heterocycles. The third-order valence-corrected chi connectivity index (χ3v) is 8.67. The van der Waals surface area contributed by atoms with Gasteiger partial charge in [0.2, 0.25) is 5.78 Å². The topological polar surface area (TPSA) is 171 Å². The quantitative estimate of drug-likeness (QED) is 0.310. The van der Waals surface area contributed by atoms with Crippen LogP contribution in [0.3, 0.4) is 0 Å². The number of carbonyl (C=O) groups excluding carboxylic acids is 4. The van der Waals surface area contributed by atoms with E-state index >= 15 is 0 Å². The minimum Gasteiger partial charge on any atom is -0.510 e. The van der Waals surface area contributed by atoms with Crippen molar-refractivity contribution in [2.75, 3.05) is 53.2 Å². The van der Waals surface area contributed by atoms with Gasteiger partial charge in [0, 0.05) is 51.4 Å². The molecule has 5 N–H and O–H groups in total. The maximum absolute atomic E-state index is 14.1. The summed E-state index contributed by atoms with van der Waals surface area (Å²) in [6.45, 7) is 4.34. The van der Waals surface area contributed by atoms with Crippen molar-refractivity contribution in [2.24, 2.45) is 11.8 Å². The number of nitrogens with zero attached hydrogens (tertiary/aromatic N) is 3. The van der Waals surface area contributed by atoms with Gasteiger partial charge in [-0.3, -0.25) is 24.1 Å². The number of aliphatic hydroxyl groups excluding tert-OH is 2. The molecule has 222 valence electrons. The number of hydrogen-bond donors (Lipinski definition) is 5. The Morgan fingerprint density at radius 2 is 1.68 bits per heavy atom. The number of Topliss-reactive ketones (excluding diaryl/α,β-unsaturated/α-hetero) is 2. The zero-order valence-corrected chi connectivity index (χ0v) is 24.4. The van der Waals surface area contributed by atoms with E-state index in [0.29, 0.717) is 24.3 Å². The molecule has 0 heterocycles. The Labute approximate surface area is 238 Å². The summed E-state index contributed by atoms with van der Waals surface area (Å²) < 4.78 is 0. The maximum atomic E-state index is 14.1. The van der Waals surface area contributed by atoms with Crippen LogP contribution in [0.5, 0.6) is 5.75 Å². The molecule has 0 radical (unpaired) electrons. The first-order valence-electron chi connectivity index (χ1n) is 13.6. The number of aliphatic hydroxyl groups is 3. The molecule has 0 saturated heterocycles. The number of anilines is 1. The molecule has 3 aliphatic rings. The highest BCUT2D eigenvalue weighted by molar-refractivity contribution is 6.25. The molecule has 4 atom stereocenters. The molecular formula is C29H38N4O8. The van der Waals surface area contributed by atoms with Gasteiger partial charge in [-0.1, -0.05) is 0 Å². The number of phenols is 1. The van der Waals surface area contributed by atoms with Gasteiger partial charge in [0.05, 0.1) is 17.2 Å². The van der Waals surface area contributed by atoms with E-state index in [1.807, 2.05) is 0 Å². The van der Waals surface area contributed by atoms with Crippen LogP contribution < -0.4 is 10.2 Å². The lowest BCUT2D eigenvalue weighted by atomic mass is 9.58. The van der Waals surface area contributed by atoms with E-state index in [2.05, 4.69) is 5.32 Å². The molecule has 0 bridgehead atoms. The van der Waals surface area contributed by atoms with Crippen molar-refractivity contribution in [3.8, 4) is 5.75 Å². The SMILES string of the molecule is CCN(CC)C(=O)c1cc(N(C)C)c2c(c1O)C(=O)C1=C(O)[C@]3(O)C(=O)C(C(=O)NC)=C(O)[C@@H](N(C)C)[C@@H]3C[C@@H]1C2. The van der Waals surface area contributed by atoms with Crippen LogP contribution in [0, 0.1) is 11.8 Å². The summed E-state index contributed by atoms with van der Waals surface area (Å²) >= 11 is 0. The summed E-state index contributed by atoms with van der Waals surface area (Å²) in [7, 11) is 7.96. The van der Waals surface area contributed by atoms with Crippen LogP contribution in [0.25, 0.3) is 0 Å².